The third kappa shape index (κ3) is 3.68. The van der Waals surface area contributed by atoms with Gasteiger partial charge in [-0.15, -0.1) is 0 Å². The number of rotatable bonds is 5. The van der Waals surface area contributed by atoms with Gasteiger partial charge in [0.2, 0.25) is 5.88 Å². The van der Waals surface area contributed by atoms with E-state index in [4.69, 9.17) is 4.74 Å². The van der Waals surface area contributed by atoms with Gasteiger partial charge in [0.05, 0.1) is 11.7 Å². The number of pyridine rings is 1. The van der Waals surface area contributed by atoms with E-state index in [1.165, 1.54) is 0 Å². The molecule has 1 amide bonds. The first-order valence-corrected chi connectivity index (χ1v) is 8.69. The van der Waals surface area contributed by atoms with Crippen LogP contribution in [0.2, 0.25) is 0 Å². The van der Waals surface area contributed by atoms with Gasteiger partial charge in [0, 0.05) is 24.4 Å². The number of amides is 1. The van der Waals surface area contributed by atoms with Crippen LogP contribution in [0.25, 0.3) is 11.0 Å². The molecule has 0 unspecified atom stereocenters. The third-order valence-corrected chi connectivity index (χ3v) is 4.28. The second-order valence-electron chi connectivity index (χ2n) is 5.57. The maximum Gasteiger partial charge on any atom is 0.251 e. The van der Waals surface area contributed by atoms with E-state index in [1.807, 2.05) is 36.4 Å². The van der Waals surface area contributed by atoms with E-state index < -0.39 is 0 Å². The Morgan fingerprint density at radius 3 is 2.81 bits per heavy atom. The van der Waals surface area contributed by atoms with Crippen molar-refractivity contribution in [3.05, 3.63) is 78.0 Å². The highest BCUT2D eigenvalue weighted by Crippen LogP contribution is 2.20. The topological polar surface area (TPSA) is 77.0 Å². The lowest BCUT2D eigenvalue weighted by Crippen LogP contribution is -2.22. The molecule has 2 aromatic heterocycles. The van der Waals surface area contributed by atoms with Gasteiger partial charge in [0.25, 0.3) is 5.91 Å². The number of hydrogen-bond donors (Lipinski definition) is 1. The van der Waals surface area contributed by atoms with Crippen molar-refractivity contribution in [2.75, 3.05) is 0 Å². The number of hydrogen-bond acceptors (Lipinski definition) is 6. The van der Waals surface area contributed by atoms with Gasteiger partial charge >= 0.3 is 0 Å². The molecule has 0 radical (unpaired) electrons. The molecule has 0 fully saturated rings. The maximum absolute atomic E-state index is 12.4. The standard InChI is InChI=1S/C19H14N4O2S/c24-19(14-7-8-16-17(11-14)23-26-22-16)21-12-13-4-3-5-15(10-13)25-18-6-1-2-9-20-18/h1-11H,12H2,(H,21,24). The molecule has 0 aliphatic carbocycles. The molecule has 0 saturated heterocycles. The Morgan fingerprint density at radius 2 is 1.92 bits per heavy atom. The number of benzene rings is 2. The average Bonchev–Trinajstić information content (AvgIpc) is 3.15. The van der Waals surface area contributed by atoms with E-state index in [0.717, 1.165) is 28.3 Å². The zero-order valence-electron chi connectivity index (χ0n) is 13.6. The predicted octanol–water partition coefficient (Wildman–Crippen LogP) is 3.81. The number of fused-ring (bicyclic) bond motifs is 1. The smallest absolute Gasteiger partial charge is 0.251 e. The van der Waals surface area contributed by atoms with Crippen molar-refractivity contribution in [2.24, 2.45) is 0 Å². The van der Waals surface area contributed by atoms with Crippen LogP contribution in [-0.2, 0) is 6.54 Å². The zero-order chi connectivity index (χ0) is 17.8. The Bertz CT molecular complexity index is 1050. The fourth-order valence-corrected chi connectivity index (χ4v) is 2.97. The van der Waals surface area contributed by atoms with E-state index in [9.17, 15) is 4.79 Å². The average molecular weight is 362 g/mol. The molecule has 2 aromatic carbocycles. The zero-order valence-corrected chi connectivity index (χ0v) is 14.4. The van der Waals surface area contributed by atoms with E-state index >= 15 is 0 Å². The minimum atomic E-state index is -0.157. The fraction of sp³-hybridized carbons (Fsp3) is 0.0526. The van der Waals surface area contributed by atoms with Gasteiger partial charge in [-0.3, -0.25) is 4.79 Å². The maximum atomic E-state index is 12.4. The summed E-state index contributed by atoms with van der Waals surface area (Å²) in [6.45, 7) is 0.394. The lowest BCUT2D eigenvalue weighted by Gasteiger charge is -2.08. The molecule has 128 valence electrons. The van der Waals surface area contributed by atoms with Crippen LogP contribution in [0.1, 0.15) is 15.9 Å². The number of nitrogens with zero attached hydrogens (tertiary/aromatic N) is 3. The monoisotopic (exact) mass is 362 g/mol. The molecule has 0 aliphatic rings. The number of aromatic nitrogens is 3. The van der Waals surface area contributed by atoms with Crippen molar-refractivity contribution in [2.45, 2.75) is 6.54 Å². The lowest BCUT2D eigenvalue weighted by atomic mass is 10.1. The molecular formula is C19H14N4O2S. The van der Waals surface area contributed by atoms with Crippen LogP contribution < -0.4 is 10.1 Å². The molecular weight excluding hydrogens is 348 g/mol. The number of ether oxygens (including phenoxy) is 1. The number of carbonyl (C=O) groups excluding carboxylic acids is 1. The first-order chi connectivity index (χ1) is 12.8. The molecule has 0 atom stereocenters. The SMILES string of the molecule is O=C(NCc1cccc(Oc2ccccn2)c1)c1ccc2nsnc2c1. The van der Waals surface area contributed by atoms with Crippen LogP contribution in [0.15, 0.2) is 66.9 Å². The van der Waals surface area contributed by atoms with Crippen LogP contribution in [0.3, 0.4) is 0 Å². The molecule has 0 bridgehead atoms. The molecule has 1 N–H and O–H groups in total. The van der Waals surface area contributed by atoms with Gasteiger partial charge in [0.1, 0.15) is 16.8 Å². The Hall–Kier alpha value is -3.32. The summed E-state index contributed by atoms with van der Waals surface area (Å²) in [5.41, 5.74) is 3.02. The molecule has 4 aromatic rings. The summed E-state index contributed by atoms with van der Waals surface area (Å²) in [4.78, 5) is 16.5. The number of nitrogens with one attached hydrogen (secondary N) is 1. The minimum absolute atomic E-state index is 0.157. The molecule has 0 saturated carbocycles. The first kappa shape index (κ1) is 16.2. The summed E-state index contributed by atoms with van der Waals surface area (Å²) in [5, 5.41) is 2.91. The van der Waals surface area contributed by atoms with Gasteiger partial charge in [0.15, 0.2) is 0 Å². The van der Waals surface area contributed by atoms with Crippen molar-refractivity contribution in [3.63, 3.8) is 0 Å². The summed E-state index contributed by atoms with van der Waals surface area (Å²) in [7, 11) is 0. The lowest BCUT2D eigenvalue weighted by molar-refractivity contribution is 0.0951. The first-order valence-electron chi connectivity index (χ1n) is 7.96. The number of carbonyl (C=O) groups is 1. The molecule has 26 heavy (non-hydrogen) atoms. The molecule has 7 heteroatoms. The van der Waals surface area contributed by atoms with Gasteiger partial charge in [-0.25, -0.2) is 4.98 Å². The van der Waals surface area contributed by atoms with Crippen molar-refractivity contribution < 1.29 is 9.53 Å². The van der Waals surface area contributed by atoms with E-state index in [1.54, 1.807) is 30.5 Å². The Labute approximate surface area is 153 Å². The van der Waals surface area contributed by atoms with Crippen LogP contribution in [0.4, 0.5) is 0 Å². The summed E-state index contributed by atoms with van der Waals surface area (Å²) >= 11 is 1.14. The predicted molar refractivity (Wildman–Crippen MR) is 99.3 cm³/mol. The molecule has 0 spiro atoms. The van der Waals surface area contributed by atoms with Gasteiger partial charge < -0.3 is 10.1 Å². The highest BCUT2D eigenvalue weighted by Gasteiger charge is 2.08. The van der Waals surface area contributed by atoms with Gasteiger partial charge in [-0.2, -0.15) is 8.75 Å². The van der Waals surface area contributed by atoms with Gasteiger partial charge in [-0.1, -0.05) is 18.2 Å². The summed E-state index contributed by atoms with van der Waals surface area (Å²) in [6, 6.07) is 18.3. The van der Waals surface area contributed by atoms with E-state index in [0.29, 0.717) is 23.7 Å². The Balaban J connectivity index is 1.42. The van der Waals surface area contributed by atoms with Crippen molar-refractivity contribution in [3.8, 4) is 11.6 Å². The Morgan fingerprint density at radius 1 is 1.00 bits per heavy atom. The summed E-state index contributed by atoms with van der Waals surface area (Å²) in [5.74, 6) is 1.04. The summed E-state index contributed by atoms with van der Waals surface area (Å²) in [6.07, 6.45) is 1.67. The molecule has 4 rings (SSSR count). The normalized spacial score (nSPS) is 10.6. The largest absolute Gasteiger partial charge is 0.439 e. The van der Waals surface area contributed by atoms with E-state index in [-0.39, 0.29) is 5.91 Å². The van der Waals surface area contributed by atoms with Crippen molar-refractivity contribution >= 4 is 28.7 Å². The van der Waals surface area contributed by atoms with Crippen LogP contribution >= 0.6 is 11.7 Å². The molecule has 6 nitrogen and oxygen atoms in total. The van der Waals surface area contributed by atoms with Crippen LogP contribution in [-0.4, -0.2) is 19.6 Å². The third-order valence-electron chi connectivity index (χ3n) is 3.73. The molecule has 0 aliphatic heterocycles. The van der Waals surface area contributed by atoms with Crippen molar-refractivity contribution in [1.29, 1.82) is 0 Å². The Kier molecular flexibility index (Phi) is 4.53. The highest BCUT2D eigenvalue weighted by molar-refractivity contribution is 7.00. The molecule has 2 heterocycles. The van der Waals surface area contributed by atoms with Crippen molar-refractivity contribution in [1.82, 2.24) is 19.0 Å². The second kappa shape index (κ2) is 7.28. The van der Waals surface area contributed by atoms with E-state index in [2.05, 4.69) is 19.0 Å². The van der Waals surface area contributed by atoms with Crippen LogP contribution in [0, 0.1) is 0 Å². The van der Waals surface area contributed by atoms with Gasteiger partial charge in [-0.05, 0) is 42.0 Å². The summed E-state index contributed by atoms with van der Waals surface area (Å²) < 4.78 is 14.0. The van der Waals surface area contributed by atoms with Crippen LogP contribution in [0.5, 0.6) is 11.6 Å². The quantitative estimate of drug-likeness (QED) is 0.584. The minimum Gasteiger partial charge on any atom is -0.439 e. The fourth-order valence-electron chi connectivity index (χ4n) is 2.45. The second-order valence-corrected chi connectivity index (χ2v) is 6.10. The highest BCUT2D eigenvalue weighted by atomic mass is 32.1.